The van der Waals surface area contributed by atoms with Crippen LogP contribution in [0.4, 0.5) is 0 Å². The van der Waals surface area contributed by atoms with E-state index in [4.69, 9.17) is 14.2 Å². The number of cyclic esters (lactones) is 2. The lowest BCUT2D eigenvalue weighted by Gasteiger charge is -2.60. The van der Waals surface area contributed by atoms with Gasteiger partial charge >= 0.3 is 11.9 Å². The molecule has 32 heavy (non-hydrogen) atoms. The van der Waals surface area contributed by atoms with Crippen molar-refractivity contribution in [2.75, 3.05) is 13.7 Å². The highest BCUT2D eigenvalue weighted by atomic mass is 16.5. The summed E-state index contributed by atoms with van der Waals surface area (Å²) in [5.74, 6) is 1.31. The Morgan fingerprint density at radius 3 is 2.62 bits per heavy atom. The molecule has 5 nitrogen and oxygen atoms in total. The number of rotatable bonds is 7. The molecular formula is C27H34O5. The smallest absolute Gasteiger partial charge is 0.340 e. The number of allylic oxidation sites excluding steroid dienone is 5. The summed E-state index contributed by atoms with van der Waals surface area (Å²) in [6.07, 6.45) is 14.7. The Hall–Kier alpha value is -2.14. The van der Waals surface area contributed by atoms with E-state index in [9.17, 15) is 9.59 Å². The van der Waals surface area contributed by atoms with E-state index in [1.54, 1.807) is 7.11 Å². The monoisotopic (exact) mass is 438 g/mol. The number of esters is 2. The van der Waals surface area contributed by atoms with Gasteiger partial charge in [0, 0.05) is 36.4 Å². The zero-order chi connectivity index (χ0) is 22.5. The van der Waals surface area contributed by atoms with Crippen LogP contribution in [0.5, 0.6) is 0 Å². The van der Waals surface area contributed by atoms with E-state index in [-0.39, 0.29) is 29.2 Å². The molecule has 2 fully saturated rings. The van der Waals surface area contributed by atoms with Gasteiger partial charge in [-0.15, -0.1) is 0 Å². The predicted molar refractivity (Wildman–Crippen MR) is 120 cm³/mol. The van der Waals surface area contributed by atoms with E-state index in [0.717, 1.165) is 86.0 Å². The molecule has 0 aromatic carbocycles. The Bertz CT molecular complexity index is 967. The van der Waals surface area contributed by atoms with E-state index in [1.165, 1.54) is 0 Å². The zero-order valence-corrected chi connectivity index (χ0v) is 19.5. The second kappa shape index (κ2) is 8.02. The van der Waals surface area contributed by atoms with E-state index in [2.05, 4.69) is 32.1 Å². The zero-order valence-electron chi connectivity index (χ0n) is 19.5. The molecule has 4 atom stereocenters. The van der Waals surface area contributed by atoms with Crippen LogP contribution in [0.3, 0.4) is 0 Å². The lowest BCUT2D eigenvalue weighted by Crippen LogP contribution is -2.56. The molecule has 0 unspecified atom stereocenters. The first kappa shape index (κ1) is 21.7. The molecule has 2 bridgehead atoms. The maximum Gasteiger partial charge on any atom is 0.340 e. The Kier molecular flexibility index (Phi) is 5.43. The maximum absolute atomic E-state index is 13.3. The summed E-state index contributed by atoms with van der Waals surface area (Å²) in [5.41, 5.74) is 2.01. The predicted octanol–water partition coefficient (Wildman–Crippen LogP) is 5.53. The Labute approximate surface area is 190 Å². The second-order valence-electron chi connectivity index (χ2n) is 10.0. The van der Waals surface area contributed by atoms with Crippen LogP contribution < -0.4 is 0 Å². The fourth-order valence-corrected chi connectivity index (χ4v) is 7.10. The van der Waals surface area contributed by atoms with Gasteiger partial charge in [-0.25, -0.2) is 9.59 Å². The van der Waals surface area contributed by atoms with Gasteiger partial charge in [0.2, 0.25) is 0 Å². The highest BCUT2D eigenvalue weighted by molar-refractivity contribution is 6.00. The van der Waals surface area contributed by atoms with Gasteiger partial charge in [-0.3, -0.25) is 0 Å². The normalized spacial score (nSPS) is 37.4. The number of ether oxygens (including phenoxy) is 3. The van der Waals surface area contributed by atoms with Crippen LogP contribution in [0, 0.1) is 22.7 Å². The lowest BCUT2D eigenvalue weighted by atomic mass is 9.41. The van der Waals surface area contributed by atoms with Crippen LogP contribution in [0.1, 0.15) is 71.6 Å². The quantitative estimate of drug-likeness (QED) is 0.489. The van der Waals surface area contributed by atoms with Crippen LogP contribution in [-0.2, 0) is 23.8 Å². The molecule has 6 rings (SSSR count). The first-order valence-corrected chi connectivity index (χ1v) is 12.3. The van der Waals surface area contributed by atoms with Crippen LogP contribution in [0.25, 0.3) is 0 Å². The summed E-state index contributed by atoms with van der Waals surface area (Å²) >= 11 is 0. The number of hydrogen-bond donors (Lipinski definition) is 0. The van der Waals surface area contributed by atoms with Gasteiger partial charge < -0.3 is 14.2 Å². The molecule has 1 saturated carbocycles. The summed E-state index contributed by atoms with van der Waals surface area (Å²) in [4.78, 5) is 26.4. The van der Waals surface area contributed by atoms with E-state index < -0.39 is 5.41 Å². The maximum atomic E-state index is 13.3. The third-order valence-electron chi connectivity index (χ3n) is 8.50. The molecule has 0 aromatic heterocycles. The number of methoxy groups -OCH3 is 1. The SMILES string of the molecule is CCCC=C1OC(=O)C2=C[C@@]3(CCOC)CC[C@@]12[C@H]1C2=C(CC[C@H]13)/C(=C/CCC)OC2=O. The third kappa shape index (κ3) is 2.86. The summed E-state index contributed by atoms with van der Waals surface area (Å²) in [7, 11) is 1.73. The Morgan fingerprint density at radius 2 is 1.88 bits per heavy atom. The van der Waals surface area contributed by atoms with Crippen molar-refractivity contribution in [3.63, 3.8) is 0 Å². The summed E-state index contributed by atoms with van der Waals surface area (Å²) in [6, 6.07) is 0. The molecule has 1 spiro atoms. The molecule has 0 radical (unpaired) electrons. The topological polar surface area (TPSA) is 61.8 Å². The van der Waals surface area contributed by atoms with Gasteiger partial charge in [-0.2, -0.15) is 0 Å². The summed E-state index contributed by atoms with van der Waals surface area (Å²) in [5, 5.41) is 0. The minimum atomic E-state index is -0.522. The minimum absolute atomic E-state index is 0.0635. The van der Waals surface area contributed by atoms with Crippen molar-refractivity contribution < 1.29 is 23.8 Å². The average Bonchev–Trinajstić information content (AvgIpc) is 3.29. The van der Waals surface area contributed by atoms with Crippen molar-refractivity contribution in [2.24, 2.45) is 22.7 Å². The molecule has 0 aromatic rings. The molecule has 2 aliphatic heterocycles. The summed E-state index contributed by atoms with van der Waals surface area (Å²) < 4.78 is 17.2. The standard InChI is InChI=1S/C27H34O5/c1-4-6-8-20-17-10-11-18-23(22(17)25(29)31-20)27-13-12-26(18,14-15-30-3)16-19(27)24(28)32-21(27)9-7-5-2/h8-9,16,18,23H,4-7,10-15H2,1-3H3/b20-8-,21-9?/t18-,23-,26+,27+/m1/s1. The van der Waals surface area contributed by atoms with Gasteiger partial charge in [-0.05, 0) is 68.4 Å². The van der Waals surface area contributed by atoms with Gasteiger partial charge in [0.05, 0.1) is 5.41 Å². The molecule has 4 aliphatic carbocycles. The van der Waals surface area contributed by atoms with Crippen molar-refractivity contribution in [3.05, 3.63) is 46.5 Å². The third-order valence-corrected chi connectivity index (χ3v) is 8.50. The number of carbonyl (C=O) groups is 2. The van der Waals surface area contributed by atoms with E-state index >= 15 is 0 Å². The second-order valence-corrected chi connectivity index (χ2v) is 10.0. The highest BCUT2D eigenvalue weighted by Gasteiger charge is 2.69. The van der Waals surface area contributed by atoms with Crippen LogP contribution in [0.2, 0.25) is 0 Å². The van der Waals surface area contributed by atoms with Crippen molar-refractivity contribution in [3.8, 4) is 0 Å². The molecular weight excluding hydrogens is 404 g/mol. The molecule has 5 heteroatoms. The minimum Gasteiger partial charge on any atom is -0.427 e. The number of carbonyl (C=O) groups excluding carboxylic acids is 2. The number of unbranched alkanes of at least 4 members (excludes halogenated alkanes) is 2. The number of fused-ring (bicyclic) bond motifs is 1. The van der Waals surface area contributed by atoms with E-state index in [1.807, 2.05) is 0 Å². The lowest BCUT2D eigenvalue weighted by molar-refractivity contribution is -0.136. The van der Waals surface area contributed by atoms with Crippen molar-refractivity contribution in [1.82, 2.24) is 0 Å². The van der Waals surface area contributed by atoms with Crippen LogP contribution in [-0.4, -0.2) is 25.7 Å². The molecule has 2 heterocycles. The van der Waals surface area contributed by atoms with Gasteiger partial charge in [0.1, 0.15) is 11.5 Å². The Balaban J connectivity index is 1.70. The average molecular weight is 439 g/mol. The van der Waals surface area contributed by atoms with Crippen molar-refractivity contribution in [1.29, 1.82) is 0 Å². The van der Waals surface area contributed by atoms with Crippen molar-refractivity contribution >= 4 is 11.9 Å². The fourth-order valence-electron chi connectivity index (χ4n) is 7.10. The molecule has 6 aliphatic rings. The highest BCUT2D eigenvalue weighted by Crippen LogP contribution is 2.72. The summed E-state index contributed by atoms with van der Waals surface area (Å²) in [6.45, 7) is 4.90. The Morgan fingerprint density at radius 1 is 1.09 bits per heavy atom. The number of hydrogen-bond acceptors (Lipinski definition) is 5. The van der Waals surface area contributed by atoms with Gasteiger partial charge in [-0.1, -0.05) is 32.8 Å². The van der Waals surface area contributed by atoms with Crippen molar-refractivity contribution in [2.45, 2.75) is 71.6 Å². The first-order valence-electron chi connectivity index (χ1n) is 12.3. The van der Waals surface area contributed by atoms with Crippen LogP contribution >= 0.6 is 0 Å². The van der Waals surface area contributed by atoms with Gasteiger partial charge in [0.25, 0.3) is 0 Å². The molecule has 1 saturated heterocycles. The first-order chi connectivity index (χ1) is 15.5. The van der Waals surface area contributed by atoms with Gasteiger partial charge in [0.15, 0.2) is 0 Å². The molecule has 172 valence electrons. The largest absolute Gasteiger partial charge is 0.427 e. The molecule has 0 amide bonds. The van der Waals surface area contributed by atoms with E-state index in [0.29, 0.717) is 6.61 Å². The fraction of sp³-hybridized carbons (Fsp3) is 0.630. The molecule has 0 N–H and O–H groups in total. The van der Waals surface area contributed by atoms with Crippen LogP contribution in [0.15, 0.2) is 46.5 Å².